The van der Waals surface area contributed by atoms with Crippen molar-refractivity contribution in [3.63, 3.8) is 0 Å². The molecule has 6 heteroatoms. The number of methoxy groups -OCH3 is 1. The van der Waals surface area contributed by atoms with E-state index in [0.717, 1.165) is 35.0 Å². The van der Waals surface area contributed by atoms with E-state index in [-0.39, 0.29) is 6.61 Å². The van der Waals surface area contributed by atoms with Gasteiger partial charge in [0.25, 0.3) is 0 Å². The Morgan fingerprint density at radius 1 is 1.00 bits per heavy atom. The molecule has 1 aromatic heterocycles. The first kappa shape index (κ1) is 22.3. The number of rotatable bonds is 10. The Hall–Kier alpha value is -3.41. The van der Waals surface area contributed by atoms with E-state index < -0.39 is 17.9 Å². The third-order valence-electron chi connectivity index (χ3n) is 5.02. The summed E-state index contributed by atoms with van der Waals surface area (Å²) in [6, 6.07) is 19.3. The van der Waals surface area contributed by atoms with Crippen LogP contribution in [0.2, 0.25) is 0 Å². The zero-order valence-electron chi connectivity index (χ0n) is 17.9. The summed E-state index contributed by atoms with van der Waals surface area (Å²) in [7, 11) is 1.26. The summed E-state index contributed by atoms with van der Waals surface area (Å²) in [6.45, 7) is 2.04. The molecule has 2 aromatic carbocycles. The van der Waals surface area contributed by atoms with Gasteiger partial charge >= 0.3 is 11.9 Å². The fraction of sp³-hybridized carbons (Fsp3) is 0.320. The highest BCUT2D eigenvalue weighted by atomic mass is 16.6. The van der Waals surface area contributed by atoms with Crippen molar-refractivity contribution >= 4 is 22.8 Å². The average Bonchev–Trinajstić information content (AvgIpc) is 2.82. The molecule has 0 fully saturated rings. The van der Waals surface area contributed by atoms with Gasteiger partial charge in [0.2, 0.25) is 0 Å². The monoisotopic (exact) mass is 421 g/mol. The van der Waals surface area contributed by atoms with Crippen LogP contribution in [0.1, 0.15) is 43.4 Å². The number of esters is 2. The second-order valence-corrected chi connectivity index (χ2v) is 7.23. The van der Waals surface area contributed by atoms with Gasteiger partial charge in [0, 0.05) is 5.39 Å². The molecule has 1 heterocycles. The summed E-state index contributed by atoms with van der Waals surface area (Å²) in [5.41, 5.74) is 2.61. The molecule has 3 rings (SSSR count). The Morgan fingerprint density at radius 2 is 1.77 bits per heavy atom. The Bertz CT molecular complexity index is 1020. The number of pyridine rings is 1. The number of carbonyl (C=O) groups excluding carboxylic acids is 2. The van der Waals surface area contributed by atoms with Crippen molar-refractivity contribution in [2.45, 2.75) is 38.7 Å². The van der Waals surface area contributed by atoms with Gasteiger partial charge in [-0.2, -0.15) is 0 Å². The van der Waals surface area contributed by atoms with Crippen LogP contribution in [-0.2, 0) is 25.7 Å². The van der Waals surface area contributed by atoms with Crippen molar-refractivity contribution in [2.75, 3.05) is 13.7 Å². The maximum atomic E-state index is 12.5. The molecule has 0 aliphatic heterocycles. The van der Waals surface area contributed by atoms with Crippen LogP contribution in [0, 0.1) is 0 Å². The Morgan fingerprint density at radius 3 is 2.52 bits per heavy atom. The second-order valence-electron chi connectivity index (χ2n) is 7.23. The van der Waals surface area contributed by atoms with Gasteiger partial charge in [-0.3, -0.25) is 4.79 Å². The zero-order valence-corrected chi connectivity index (χ0v) is 17.9. The molecule has 0 saturated heterocycles. The summed E-state index contributed by atoms with van der Waals surface area (Å²) >= 11 is 0. The first-order valence-corrected chi connectivity index (χ1v) is 10.4. The lowest BCUT2D eigenvalue weighted by Crippen LogP contribution is -2.21. The van der Waals surface area contributed by atoms with Crippen LogP contribution in [-0.4, -0.2) is 30.6 Å². The van der Waals surface area contributed by atoms with Crippen LogP contribution in [0.4, 0.5) is 0 Å². The van der Waals surface area contributed by atoms with Crippen molar-refractivity contribution in [2.24, 2.45) is 0 Å². The highest BCUT2D eigenvalue weighted by Crippen LogP contribution is 2.26. The van der Waals surface area contributed by atoms with Crippen LogP contribution >= 0.6 is 0 Å². The van der Waals surface area contributed by atoms with E-state index in [4.69, 9.17) is 9.47 Å². The molecule has 0 aliphatic rings. The third kappa shape index (κ3) is 6.28. The number of benzene rings is 2. The van der Waals surface area contributed by atoms with Gasteiger partial charge in [-0.05, 0) is 36.2 Å². The van der Waals surface area contributed by atoms with Gasteiger partial charge in [-0.25, -0.2) is 9.78 Å². The molecule has 0 spiro atoms. The number of fused-ring (bicyclic) bond motifs is 1. The number of para-hydroxylation sites is 1. The summed E-state index contributed by atoms with van der Waals surface area (Å²) in [4.78, 5) is 28.4. The number of aromatic nitrogens is 1. The molecule has 1 unspecified atom stereocenters. The van der Waals surface area contributed by atoms with Gasteiger partial charge in [0.1, 0.15) is 12.4 Å². The fourth-order valence-corrected chi connectivity index (χ4v) is 3.26. The standard InChI is InChI=1S/C25H27NO5/c1-3-4-8-22(25(28)31-17-24(27)29-2)18-11-14-21(15-12-18)30-16-20-13-10-19-7-5-6-9-23(19)26-20/h5-7,9-15,22H,3-4,8,16-17H2,1-2H3. The normalized spacial score (nSPS) is 11.7. The van der Waals surface area contributed by atoms with Crippen molar-refractivity contribution in [3.05, 3.63) is 71.9 Å². The molecule has 1 atom stereocenters. The Balaban J connectivity index is 1.63. The number of hydrogen-bond acceptors (Lipinski definition) is 6. The summed E-state index contributed by atoms with van der Waals surface area (Å²) in [5, 5.41) is 1.09. The lowest BCUT2D eigenvalue weighted by Gasteiger charge is -2.16. The van der Waals surface area contributed by atoms with Crippen molar-refractivity contribution in [1.29, 1.82) is 0 Å². The number of nitrogens with zero attached hydrogens (tertiary/aromatic N) is 1. The highest BCUT2D eigenvalue weighted by molar-refractivity contribution is 5.81. The van der Waals surface area contributed by atoms with Crippen LogP contribution in [0.3, 0.4) is 0 Å². The van der Waals surface area contributed by atoms with E-state index in [2.05, 4.69) is 16.6 Å². The summed E-state index contributed by atoms with van der Waals surface area (Å²) in [6.07, 6.45) is 2.49. The maximum Gasteiger partial charge on any atom is 0.344 e. The molecular weight excluding hydrogens is 394 g/mol. The molecule has 31 heavy (non-hydrogen) atoms. The minimum Gasteiger partial charge on any atom is -0.487 e. The molecule has 6 nitrogen and oxygen atoms in total. The van der Waals surface area contributed by atoms with E-state index in [0.29, 0.717) is 18.8 Å². The van der Waals surface area contributed by atoms with Crippen LogP contribution < -0.4 is 4.74 Å². The molecular formula is C25H27NO5. The lowest BCUT2D eigenvalue weighted by molar-refractivity contribution is -0.158. The fourth-order valence-electron chi connectivity index (χ4n) is 3.26. The van der Waals surface area contributed by atoms with Crippen molar-refractivity contribution < 1.29 is 23.8 Å². The van der Waals surface area contributed by atoms with Crippen molar-refractivity contribution in [3.8, 4) is 5.75 Å². The largest absolute Gasteiger partial charge is 0.487 e. The molecule has 0 saturated carbocycles. The number of ether oxygens (including phenoxy) is 3. The first-order chi connectivity index (χ1) is 15.1. The van der Waals surface area contributed by atoms with E-state index in [1.165, 1.54) is 7.11 Å². The predicted molar refractivity (Wildman–Crippen MR) is 118 cm³/mol. The van der Waals surface area contributed by atoms with E-state index in [1.54, 1.807) is 0 Å². The second kappa shape index (κ2) is 11.1. The quantitative estimate of drug-likeness (QED) is 0.438. The molecule has 162 valence electrons. The van der Waals surface area contributed by atoms with E-state index in [1.807, 2.05) is 60.7 Å². The smallest absolute Gasteiger partial charge is 0.344 e. The molecule has 0 bridgehead atoms. The van der Waals surface area contributed by atoms with Gasteiger partial charge in [-0.1, -0.05) is 56.2 Å². The zero-order chi connectivity index (χ0) is 22.1. The van der Waals surface area contributed by atoms with Crippen molar-refractivity contribution in [1.82, 2.24) is 4.98 Å². The number of hydrogen-bond donors (Lipinski definition) is 0. The van der Waals surface area contributed by atoms with Crippen LogP contribution in [0.15, 0.2) is 60.7 Å². The van der Waals surface area contributed by atoms with Gasteiger partial charge in [-0.15, -0.1) is 0 Å². The predicted octanol–water partition coefficient (Wildman–Crippen LogP) is 4.80. The van der Waals surface area contributed by atoms with Gasteiger partial charge in [0.05, 0.1) is 24.2 Å². The number of carbonyl (C=O) groups is 2. The summed E-state index contributed by atoms with van der Waals surface area (Å²) < 4.78 is 15.5. The Kier molecular flexibility index (Phi) is 7.98. The molecule has 0 aliphatic carbocycles. The maximum absolute atomic E-state index is 12.5. The van der Waals surface area contributed by atoms with E-state index >= 15 is 0 Å². The first-order valence-electron chi connectivity index (χ1n) is 10.4. The highest BCUT2D eigenvalue weighted by Gasteiger charge is 2.22. The molecule has 0 radical (unpaired) electrons. The van der Waals surface area contributed by atoms with Crippen LogP contribution in [0.5, 0.6) is 5.75 Å². The minimum atomic E-state index is -0.575. The van der Waals surface area contributed by atoms with Crippen LogP contribution in [0.25, 0.3) is 10.9 Å². The molecule has 0 amide bonds. The number of unbranched alkanes of at least 4 members (excludes halogenated alkanes) is 1. The average molecular weight is 421 g/mol. The molecule has 0 N–H and O–H groups in total. The third-order valence-corrected chi connectivity index (χ3v) is 5.02. The SMILES string of the molecule is CCCCC(C(=O)OCC(=O)OC)c1ccc(OCc2ccc3ccccc3n2)cc1. The van der Waals surface area contributed by atoms with Gasteiger partial charge in [0.15, 0.2) is 6.61 Å². The molecule has 3 aromatic rings. The summed E-state index contributed by atoms with van der Waals surface area (Å²) in [5.74, 6) is -0.738. The minimum absolute atomic E-state index is 0.352. The Labute approximate surface area is 182 Å². The topological polar surface area (TPSA) is 74.7 Å². The lowest BCUT2D eigenvalue weighted by atomic mass is 9.93. The van der Waals surface area contributed by atoms with E-state index in [9.17, 15) is 9.59 Å². The van der Waals surface area contributed by atoms with Gasteiger partial charge < -0.3 is 14.2 Å².